The normalized spacial score (nSPS) is 10.3. The van der Waals surface area contributed by atoms with Gasteiger partial charge < -0.3 is 15.0 Å². The van der Waals surface area contributed by atoms with Crippen LogP contribution >= 0.6 is 23.1 Å². The Morgan fingerprint density at radius 2 is 2.11 bits per heavy atom. The lowest BCUT2D eigenvalue weighted by molar-refractivity contribution is -0.116. The van der Waals surface area contributed by atoms with E-state index in [1.165, 1.54) is 23.1 Å². The molecular weight excluding hydrogens is 394 g/mol. The smallest absolute Gasteiger partial charge is 0.237 e. The highest BCUT2D eigenvalue weighted by molar-refractivity contribution is 8.01. The molecule has 28 heavy (non-hydrogen) atoms. The number of anilines is 2. The minimum Gasteiger partial charge on any atom is -0.494 e. The molecule has 9 heteroatoms. The van der Waals surface area contributed by atoms with Gasteiger partial charge in [-0.25, -0.2) is 0 Å². The van der Waals surface area contributed by atoms with Crippen LogP contribution in [-0.4, -0.2) is 41.6 Å². The Morgan fingerprint density at radius 3 is 2.79 bits per heavy atom. The summed E-state index contributed by atoms with van der Waals surface area (Å²) in [7, 11) is 0. The first-order valence-electron chi connectivity index (χ1n) is 9.28. The van der Waals surface area contributed by atoms with E-state index < -0.39 is 0 Å². The fraction of sp³-hybridized carbons (Fsp3) is 0.474. The number of hydrogen-bond acceptors (Lipinski definition) is 8. The zero-order chi connectivity index (χ0) is 20.2. The maximum atomic E-state index is 12.8. The molecule has 1 amide bonds. The monoisotopic (exact) mass is 419 g/mol. The first-order valence-corrected chi connectivity index (χ1v) is 11.1. The molecule has 1 N–H and O–H groups in total. The molecule has 150 valence electrons. The predicted octanol–water partition coefficient (Wildman–Crippen LogP) is 4.19. The van der Waals surface area contributed by atoms with E-state index in [1.54, 1.807) is 4.90 Å². The largest absolute Gasteiger partial charge is 0.494 e. The van der Waals surface area contributed by atoms with E-state index in [9.17, 15) is 4.79 Å². The average Bonchev–Trinajstić information content (AvgIpc) is 3.16. The van der Waals surface area contributed by atoms with Crippen molar-refractivity contribution in [1.82, 2.24) is 10.2 Å². The van der Waals surface area contributed by atoms with Gasteiger partial charge in [0.15, 0.2) is 4.34 Å². The summed E-state index contributed by atoms with van der Waals surface area (Å²) in [6.07, 6.45) is 2.47. The third-order valence-corrected chi connectivity index (χ3v) is 5.74. The van der Waals surface area contributed by atoms with Crippen molar-refractivity contribution in [2.75, 3.05) is 35.7 Å². The van der Waals surface area contributed by atoms with Gasteiger partial charge in [0.2, 0.25) is 11.0 Å². The molecule has 0 spiro atoms. The van der Waals surface area contributed by atoms with Crippen molar-refractivity contribution in [3.8, 4) is 11.8 Å². The molecule has 0 radical (unpaired) electrons. The summed E-state index contributed by atoms with van der Waals surface area (Å²) in [5.74, 6) is 0.924. The number of carbonyl (C=O) groups excluding carboxylic acids is 1. The Balaban J connectivity index is 1.96. The summed E-state index contributed by atoms with van der Waals surface area (Å²) in [6.45, 7) is 5.87. The highest BCUT2D eigenvalue weighted by Crippen LogP contribution is 2.27. The molecule has 2 aromatic rings. The quantitative estimate of drug-likeness (QED) is 0.407. The van der Waals surface area contributed by atoms with Crippen molar-refractivity contribution >= 4 is 39.8 Å². The number of amides is 1. The van der Waals surface area contributed by atoms with Crippen LogP contribution in [0.4, 0.5) is 10.8 Å². The second kappa shape index (κ2) is 12.2. The number of unbranched alkanes of at least 4 members (excludes halogenated alkanes) is 1. The lowest BCUT2D eigenvalue weighted by Crippen LogP contribution is -2.33. The summed E-state index contributed by atoms with van der Waals surface area (Å²) >= 11 is 2.81. The number of rotatable bonds is 12. The van der Waals surface area contributed by atoms with Gasteiger partial charge in [0.1, 0.15) is 5.75 Å². The summed E-state index contributed by atoms with van der Waals surface area (Å²) in [5.41, 5.74) is 0.753. The molecule has 0 bridgehead atoms. The maximum Gasteiger partial charge on any atom is 0.237 e. The number of aromatic nitrogens is 2. The van der Waals surface area contributed by atoms with E-state index in [0.717, 1.165) is 40.3 Å². The Bertz CT molecular complexity index is 773. The molecule has 0 atom stereocenters. The number of hydrogen-bond donors (Lipinski definition) is 1. The van der Waals surface area contributed by atoms with Crippen LogP contribution in [0, 0.1) is 11.3 Å². The van der Waals surface area contributed by atoms with Crippen molar-refractivity contribution < 1.29 is 9.53 Å². The van der Waals surface area contributed by atoms with Crippen molar-refractivity contribution in [3.05, 3.63) is 24.3 Å². The van der Waals surface area contributed by atoms with E-state index in [4.69, 9.17) is 10.00 Å². The summed E-state index contributed by atoms with van der Waals surface area (Å²) in [6, 6.07) is 9.44. The van der Waals surface area contributed by atoms with Crippen LogP contribution in [0.2, 0.25) is 0 Å². The Kier molecular flexibility index (Phi) is 9.59. The fourth-order valence-corrected chi connectivity index (χ4v) is 4.02. The van der Waals surface area contributed by atoms with Crippen LogP contribution in [0.3, 0.4) is 0 Å². The van der Waals surface area contributed by atoms with Gasteiger partial charge in [-0.3, -0.25) is 4.79 Å². The number of ether oxygens (including phenoxy) is 1. The molecule has 2 rings (SSSR count). The second-order valence-corrected chi connectivity index (χ2v) is 8.02. The molecule has 0 aliphatic carbocycles. The lowest BCUT2D eigenvalue weighted by Gasteiger charge is -2.21. The second-order valence-electron chi connectivity index (χ2n) is 5.82. The molecule has 7 nitrogen and oxygen atoms in total. The third kappa shape index (κ3) is 7.02. The zero-order valence-corrected chi connectivity index (χ0v) is 17.8. The SMILES string of the molecule is CCCCNc1nnc(SCC(=O)N(CCC#N)c2ccc(OCC)cc2)s1. The van der Waals surface area contributed by atoms with Gasteiger partial charge in [0.05, 0.1) is 24.8 Å². The Morgan fingerprint density at radius 1 is 1.32 bits per heavy atom. The molecule has 0 saturated carbocycles. The standard InChI is InChI=1S/C19H25N5O2S2/c1-3-5-12-21-18-22-23-19(28-18)27-14-17(25)24(13-6-11-20)15-7-9-16(10-8-15)26-4-2/h7-10H,3-6,12-14H2,1-2H3,(H,21,22). The van der Waals surface area contributed by atoms with E-state index in [0.29, 0.717) is 13.2 Å². The van der Waals surface area contributed by atoms with E-state index in [2.05, 4.69) is 28.5 Å². The first-order chi connectivity index (χ1) is 13.7. The van der Waals surface area contributed by atoms with Crippen molar-refractivity contribution in [3.63, 3.8) is 0 Å². The van der Waals surface area contributed by atoms with Crippen molar-refractivity contribution in [1.29, 1.82) is 5.26 Å². The van der Waals surface area contributed by atoms with Gasteiger partial charge in [-0.05, 0) is 37.6 Å². The van der Waals surface area contributed by atoms with Gasteiger partial charge in [0.25, 0.3) is 0 Å². The summed E-state index contributed by atoms with van der Waals surface area (Å²) < 4.78 is 6.19. The molecule has 0 fully saturated rings. The number of nitrogens with one attached hydrogen (secondary N) is 1. The van der Waals surface area contributed by atoms with Gasteiger partial charge in [-0.1, -0.05) is 36.4 Å². The maximum absolute atomic E-state index is 12.8. The predicted molar refractivity (Wildman–Crippen MR) is 114 cm³/mol. The van der Waals surface area contributed by atoms with Gasteiger partial charge in [-0.15, -0.1) is 10.2 Å². The number of benzene rings is 1. The highest BCUT2D eigenvalue weighted by Gasteiger charge is 2.17. The average molecular weight is 420 g/mol. The fourth-order valence-electron chi connectivity index (χ4n) is 2.36. The zero-order valence-electron chi connectivity index (χ0n) is 16.2. The Labute approximate surface area is 174 Å². The number of carbonyl (C=O) groups is 1. The van der Waals surface area contributed by atoms with Crippen LogP contribution in [0.5, 0.6) is 5.75 Å². The molecule has 1 heterocycles. The van der Waals surface area contributed by atoms with E-state index in [-0.39, 0.29) is 18.1 Å². The third-order valence-electron chi connectivity index (χ3n) is 3.74. The lowest BCUT2D eigenvalue weighted by atomic mass is 10.2. The van der Waals surface area contributed by atoms with Crippen LogP contribution in [0.25, 0.3) is 0 Å². The summed E-state index contributed by atoms with van der Waals surface area (Å²) in [5, 5.41) is 21.2. The van der Waals surface area contributed by atoms with Gasteiger partial charge in [0, 0.05) is 18.8 Å². The summed E-state index contributed by atoms with van der Waals surface area (Å²) in [4.78, 5) is 14.4. The molecular formula is C19H25N5O2S2. The van der Waals surface area contributed by atoms with Crippen LogP contribution in [0.15, 0.2) is 28.6 Å². The van der Waals surface area contributed by atoms with Crippen LogP contribution < -0.4 is 15.0 Å². The minimum absolute atomic E-state index is 0.0693. The molecule has 0 aliphatic rings. The number of thioether (sulfide) groups is 1. The van der Waals surface area contributed by atoms with Gasteiger partial charge in [-0.2, -0.15) is 5.26 Å². The molecule has 1 aromatic heterocycles. The number of nitrogens with zero attached hydrogens (tertiary/aromatic N) is 4. The van der Waals surface area contributed by atoms with E-state index in [1.807, 2.05) is 31.2 Å². The van der Waals surface area contributed by atoms with Crippen molar-refractivity contribution in [2.24, 2.45) is 0 Å². The number of nitriles is 1. The van der Waals surface area contributed by atoms with Crippen molar-refractivity contribution in [2.45, 2.75) is 37.4 Å². The van der Waals surface area contributed by atoms with Gasteiger partial charge >= 0.3 is 0 Å². The Hall–Kier alpha value is -2.31. The highest BCUT2D eigenvalue weighted by atomic mass is 32.2. The minimum atomic E-state index is -0.0693. The molecule has 0 unspecified atom stereocenters. The topological polar surface area (TPSA) is 91.1 Å². The molecule has 0 saturated heterocycles. The molecule has 1 aromatic carbocycles. The van der Waals surface area contributed by atoms with E-state index >= 15 is 0 Å². The van der Waals surface area contributed by atoms with Crippen LogP contribution in [0.1, 0.15) is 33.1 Å². The first kappa shape index (κ1) is 22.0. The molecule has 0 aliphatic heterocycles. The van der Waals surface area contributed by atoms with Crippen LogP contribution in [-0.2, 0) is 4.79 Å².